The fourth-order valence-corrected chi connectivity index (χ4v) is 4.01. The van der Waals surface area contributed by atoms with Crippen LogP contribution in [-0.4, -0.2) is 53.7 Å². The van der Waals surface area contributed by atoms with Gasteiger partial charge in [-0.3, -0.25) is 9.36 Å². The van der Waals surface area contributed by atoms with Crippen molar-refractivity contribution in [3.63, 3.8) is 0 Å². The number of likely N-dealkylation sites (N-methyl/N-ethyl adjacent to an activating group) is 1. The second-order valence-corrected chi connectivity index (χ2v) is 10.2. The highest BCUT2D eigenvalue weighted by atomic mass is 32.2. The van der Waals surface area contributed by atoms with Gasteiger partial charge in [0.1, 0.15) is 29.7 Å². The zero-order chi connectivity index (χ0) is 26.2. The topological polar surface area (TPSA) is 94.4 Å². The number of pyridine rings is 1. The Balaban J connectivity index is 1.96. The van der Waals surface area contributed by atoms with Gasteiger partial charge in [0.05, 0.1) is 11.9 Å². The van der Waals surface area contributed by atoms with Crippen LogP contribution in [0.5, 0.6) is 6.01 Å². The number of benzene rings is 2. The lowest BCUT2D eigenvalue weighted by Crippen LogP contribution is -2.30. The first kappa shape index (κ1) is 25.3. The molecule has 2 heterocycles. The monoisotopic (exact) mass is 518 g/mol. The Labute approximate surface area is 204 Å². The average Bonchev–Trinajstić information content (AvgIpc) is 2.79. The summed E-state index contributed by atoms with van der Waals surface area (Å²) in [6, 6.07) is 9.45. The van der Waals surface area contributed by atoms with E-state index in [2.05, 4.69) is 9.97 Å². The lowest BCUT2D eigenvalue weighted by atomic mass is 10.0. The normalized spacial score (nSPS) is 11.9. The molecule has 0 atom stereocenters. The summed E-state index contributed by atoms with van der Waals surface area (Å²) >= 11 is 0. The maximum atomic E-state index is 14.7. The van der Waals surface area contributed by atoms with Crippen LogP contribution in [0.15, 0.2) is 53.3 Å². The summed E-state index contributed by atoms with van der Waals surface area (Å²) in [5, 5.41) is 0.257. The molecule has 0 aliphatic rings. The summed E-state index contributed by atoms with van der Waals surface area (Å²) in [6.45, 7) is 1.47. The number of sulfonamides is 1. The predicted molar refractivity (Wildman–Crippen MR) is 128 cm³/mol. The average molecular weight is 519 g/mol. The first-order valence-corrected chi connectivity index (χ1v) is 12.5. The number of aromatic nitrogens is 3. The van der Waals surface area contributed by atoms with Gasteiger partial charge in [0.25, 0.3) is 5.56 Å². The van der Waals surface area contributed by atoms with E-state index in [4.69, 9.17) is 4.74 Å². The Morgan fingerprint density at radius 2 is 1.72 bits per heavy atom. The van der Waals surface area contributed by atoms with Crippen molar-refractivity contribution in [2.75, 3.05) is 26.5 Å². The van der Waals surface area contributed by atoms with Crippen molar-refractivity contribution in [1.82, 2.24) is 18.8 Å². The Hall–Kier alpha value is -3.77. The first-order valence-electron chi connectivity index (χ1n) is 10.7. The molecule has 0 unspecified atom stereocenters. The van der Waals surface area contributed by atoms with Crippen LogP contribution in [0.25, 0.3) is 28.0 Å². The maximum Gasteiger partial charge on any atom is 0.319 e. The quantitative estimate of drug-likeness (QED) is 0.372. The van der Waals surface area contributed by atoms with Crippen molar-refractivity contribution >= 4 is 21.1 Å². The Kier molecular flexibility index (Phi) is 6.83. The van der Waals surface area contributed by atoms with Gasteiger partial charge in [0.2, 0.25) is 10.0 Å². The van der Waals surface area contributed by atoms with Gasteiger partial charge in [-0.2, -0.15) is 9.97 Å². The second kappa shape index (κ2) is 9.70. The highest BCUT2D eigenvalue weighted by Crippen LogP contribution is 2.31. The minimum absolute atomic E-state index is 0.0331. The number of para-hydroxylation sites is 1. The van der Waals surface area contributed by atoms with E-state index in [0.717, 1.165) is 33.3 Å². The van der Waals surface area contributed by atoms with Crippen molar-refractivity contribution < 1.29 is 26.3 Å². The SMILES string of the molecule is Cc1cc(F)ccc1-c1nc(OCCN(C)S(C)(=O)=O)nc2c1ccc(=O)n2-c1c(F)cccc1F. The van der Waals surface area contributed by atoms with E-state index in [9.17, 15) is 26.4 Å². The molecule has 2 aromatic heterocycles. The molecule has 0 radical (unpaired) electrons. The van der Waals surface area contributed by atoms with Crippen LogP contribution in [0.4, 0.5) is 13.2 Å². The molecule has 0 spiro atoms. The molecule has 36 heavy (non-hydrogen) atoms. The molecule has 0 fully saturated rings. The van der Waals surface area contributed by atoms with E-state index in [1.807, 2.05) is 0 Å². The molecule has 2 aromatic carbocycles. The summed E-state index contributed by atoms with van der Waals surface area (Å²) in [7, 11) is -2.10. The fraction of sp³-hybridized carbons (Fsp3) is 0.208. The molecule has 12 heteroatoms. The molecule has 0 aliphatic carbocycles. The molecule has 4 aromatic rings. The van der Waals surface area contributed by atoms with Crippen molar-refractivity contribution in [2.24, 2.45) is 0 Å². The molecule has 188 valence electrons. The summed E-state index contributed by atoms with van der Waals surface area (Å²) in [5.41, 5.74) is -0.319. The number of fused-ring (bicyclic) bond motifs is 1. The van der Waals surface area contributed by atoms with Gasteiger partial charge in [-0.05, 0) is 48.9 Å². The van der Waals surface area contributed by atoms with E-state index in [0.29, 0.717) is 11.1 Å². The van der Waals surface area contributed by atoms with Crippen LogP contribution in [0.2, 0.25) is 0 Å². The standard InChI is InChI=1S/C24H21F3N4O4S/c1-14-13-15(25)7-8-16(14)21-17-9-10-20(32)31(22-18(26)5-4-6-19(22)27)23(17)29-24(28-21)35-12-11-30(2)36(3,33)34/h4-10,13H,11-12H2,1-3H3. The number of hydrogen-bond donors (Lipinski definition) is 0. The maximum absolute atomic E-state index is 14.7. The van der Waals surface area contributed by atoms with Crippen molar-refractivity contribution in [3.8, 4) is 23.0 Å². The molecule has 0 N–H and O–H groups in total. The summed E-state index contributed by atoms with van der Waals surface area (Å²) in [4.78, 5) is 21.5. The molecule has 0 saturated carbocycles. The largest absolute Gasteiger partial charge is 0.462 e. The van der Waals surface area contributed by atoms with E-state index < -0.39 is 38.7 Å². The number of nitrogens with zero attached hydrogens (tertiary/aromatic N) is 4. The Morgan fingerprint density at radius 3 is 2.36 bits per heavy atom. The molecule has 0 bridgehead atoms. The third-order valence-electron chi connectivity index (χ3n) is 5.54. The number of aryl methyl sites for hydroxylation is 1. The number of halogens is 3. The van der Waals surface area contributed by atoms with Crippen LogP contribution < -0.4 is 10.3 Å². The van der Waals surface area contributed by atoms with Crippen LogP contribution in [-0.2, 0) is 10.0 Å². The summed E-state index contributed by atoms with van der Waals surface area (Å²) in [6.07, 6.45) is 1.04. The summed E-state index contributed by atoms with van der Waals surface area (Å²) in [5.74, 6) is -2.44. The van der Waals surface area contributed by atoms with E-state index in [1.54, 1.807) is 6.92 Å². The number of rotatable bonds is 7. The van der Waals surface area contributed by atoms with Crippen LogP contribution >= 0.6 is 0 Å². The Morgan fingerprint density at radius 1 is 1.03 bits per heavy atom. The van der Waals surface area contributed by atoms with Crippen molar-refractivity contribution in [1.29, 1.82) is 0 Å². The van der Waals surface area contributed by atoms with Crippen molar-refractivity contribution in [2.45, 2.75) is 6.92 Å². The molecule has 8 nitrogen and oxygen atoms in total. The minimum Gasteiger partial charge on any atom is -0.462 e. The molecule has 0 saturated heterocycles. The minimum atomic E-state index is -3.46. The molecule has 4 rings (SSSR count). The first-order chi connectivity index (χ1) is 17.0. The Bertz CT molecular complexity index is 1620. The summed E-state index contributed by atoms with van der Waals surface area (Å²) < 4.78 is 73.9. The zero-order valence-electron chi connectivity index (χ0n) is 19.5. The van der Waals surface area contributed by atoms with Gasteiger partial charge in [-0.15, -0.1) is 0 Å². The number of ether oxygens (including phenoxy) is 1. The predicted octanol–water partition coefficient (Wildman–Crippen LogP) is 3.44. The van der Waals surface area contributed by atoms with E-state index in [1.165, 1.54) is 37.4 Å². The molecule has 0 aliphatic heterocycles. The van der Waals surface area contributed by atoms with Gasteiger partial charge in [-0.25, -0.2) is 25.9 Å². The molecular formula is C24H21F3N4O4S. The van der Waals surface area contributed by atoms with Gasteiger partial charge in [-0.1, -0.05) is 6.07 Å². The van der Waals surface area contributed by atoms with Gasteiger partial charge < -0.3 is 4.74 Å². The van der Waals surface area contributed by atoms with Crippen LogP contribution in [0.3, 0.4) is 0 Å². The fourth-order valence-electron chi connectivity index (χ4n) is 3.61. The van der Waals surface area contributed by atoms with Gasteiger partial charge in [0, 0.05) is 30.6 Å². The van der Waals surface area contributed by atoms with Crippen molar-refractivity contribution in [3.05, 3.63) is 81.9 Å². The van der Waals surface area contributed by atoms with E-state index in [-0.39, 0.29) is 35.9 Å². The third-order valence-corrected chi connectivity index (χ3v) is 6.85. The van der Waals surface area contributed by atoms with Crippen LogP contribution in [0.1, 0.15) is 5.56 Å². The zero-order valence-corrected chi connectivity index (χ0v) is 20.3. The number of hydrogen-bond acceptors (Lipinski definition) is 6. The van der Waals surface area contributed by atoms with Gasteiger partial charge >= 0.3 is 6.01 Å². The third kappa shape index (κ3) is 4.95. The highest BCUT2D eigenvalue weighted by molar-refractivity contribution is 7.88. The second-order valence-electron chi connectivity index (χ2n) is 8.06. The lowest BCUT2D eigenvalue weighted by molar-refractivity contribution is 0.268. The lowest BCUT2D eigenvalue weighted by Gasteiger charge is -2.17. The van der Waals surface area contributed by atoms with E-state index >= 15 is 0 Å². The smallest absolute Gasteiger partial charge is 0.319 e. The van der Waals surface area contributed by atoms with Gasteiger partial charge in [0.15, 0.2) is 5.65 Å². The molecular weight excluding hydrogens is 497 g/mol. The van der Waals surface area contributed by atoms with Crippen LogP contribution in [0, 0.1) is 24.4 Å². The molecule has 0 amide bonds. The highest BCUT2D eigenvalue weighted by Gasteiger charge is 2.21.